The van der Waals surface area contributed by atoms with Crippen LogP contribution >= 0.6 is 0 Å². The zero-order valence-electron chi connectivity index (χ0n) is 6.14. The molecule has 12 heavy (non-hydrogen) atoms. The number of carbonyl (C=O) groups excluding carboxylic acids is 1. The number of rotatable bonds is 4. The lowest BCUT2D eigenvalue weighted by Gasteiger charge is -1.96. The zero-order valence-corrected chi connectivity index (χ0v) is 6.14. The molecule has 6 heteroatoms. The highest BCUT2D eigenvalue weighted by Crippen LogP contribution is 2.06. The van der Waals surface area contributed by atoms with E-state index in [1.54, 1.807) is 6.29 Å². The van der Waals surface area contributed by atoms with Gasteiger partial charge < -0.3 is 10.1 Å². The van der Waals surface area contributed by atoms with Crippen molar-refractivity contribution >= 4 is 12.2 Å². The smallest absolute Gasteiger partial charge is 0.390 e. The first-order valence-corrected chi connectivity index (χ1v) is 3.26. The number of imidazole rings is 1. The minimum absolute atomic E-state index is 0.136. The SMILES string of the molecule is O=[C]CCn1ccnc1[N+](=O)[O-]. The topological polar surface area (TPSA) is 78.0 Å². The molecule has 0 spiro atoms. The molecule has 1 aromatic heterocycles. The van der Waals surface area contributed by atoms with Crippen molar-refractivity contribution in [3.05, 3.63) is 22.5 Å². The highest BCUT2D eigenvalue weighted by Gasteiger charge is 2.12. The van der Waals surface area contributed by atoms with Gasteiger partial charge in [-0.05, 0) is 4.92 Å². The molecule has 1 heterocycles. The van der Waals surface area contributed by atoms with E-state index in [-0.39, 0.29) is 18.9 Å². The Hall–Kier alpha value is -1.72. The van der Waals surface area contributed by atoms with Gasteiger partial charge in [0, 0.05) is 6.42 Å². The minimum Gasteiger partial charge on any atom is -0.390 e. The Kier molecular flexibility index (Phi) is 2.52. The van der Waals surface area contributed by atoms with Crippen molar-refractivity contribution in [1.29, 1.82) is 0 Å². The number of nitrogens with zero attached hydrogens (tertiary/aromatic N) is 3. The van der Waals surface area contributed by atoms with Gasteiger partial charge in [0.2, 0.25) is 6.29 Å². The Balaban J connectivity index is 2.76. The predicted molar refractivity (Wildman–Crippen MR) is 39.2 cm³/mol. The van der Waals surface area contributed by atoms with E-state index in [9.17, 15) is 14.9 Å². The van der Waals surface area contributed by atoms with Gasteiger partial charge >= 0.3 is 5.95 Å². The van der Waals surface area contributed by atoms with Crippen LogP contribution < -0.4 is 0 Å². The van der Waals surface area contributed by atoms with Crippen molar-refractivity contribution in [2.75, 3.05) is 0 Å². The maximum Gasteiger partial charge on any atom is 0.434 e. The summed E-state index contributed by atoms with van der Waals surface area (Å²) in [6.07, 6.45) is 4.56. The van der Waals surface area contributed by atoms with Crippen molar-refractivity contribution in [1.82, 2.24) is 9.55 Å². The lowest BCUT2D eigenvalue weighted by molar-refractivity contribution is -0.396. The molecule has 1 radical (unpaired) electrons. The van der Waals surface area contributed by atoms with Crippen LogP contribution in [0.15, 0.2) is 12.4 Å². The van der Waals surface area contributed by atoms with Gasteiger partial charge in [0.25, 0.3) is 0 Å². The fraction of sp³-hybridized carbons (Fsp3) is 0.333. The molecule has 0 atom stereocenters. The van der Waals surface area contributed by atoms with Crippen molar-refractivity contribution in [3.8, 4) is 0 Å². The van der Waals surface area contributed by atoms with E-state index in [0.717, 1.165) is 0 Å². The van der Waals surface area contributed by atoms with Gasteiger partial charge in [0.15, 0.2) is 0 Å². The largest absolute Gasteiger partial charge is 0.434 e. The average Bonchev–Trinajstić information content (AvgIpc) is 2.48. The summed E-state index contributed by atoms with van der Waals surface area (Å²) in [6.45, 7) is 0.250. The molecule has 0 saturated heterocycles. The third kappa shape index (κ3) is 1.66. The van der Waals surface area contributed by atoms with Crippen LogP contribution in [0.5, 0.6) is 0 Å². The van der Waals surface area contributed by atoms with Crippen LogP contribution in [-0.2, 0) is 11.3 Å². The van der Waals surface area contributed by atoms with E-state index in [1.807, 2.05) is 0 Å². The Morgan fingerprint density at radius 3 is 3.08 bits per heavy atom. The lowest BCUT2D eigenvalue weighted by atomic mass is 10.5. The van der Waals surface area contributed by atoms with Gasteiger partial charge in [-0.1, -0.05) is 4.98 Å². The average molecular weight is 168 g/mol. The van der Waals surface area contributed by atoms with E-state index in [2.05, 4.69) is 4.98 Å². The lowest BCUT2D eigenvalue weighted by Crippen LogP contribution is -2.03. The van der Waals surface area contributed by atoms with Gasteiger partial charge in [-0.3, -0.25) is 4.79 Å². The summed E-state index contributed by atoms with van der Waals surface area (Å²) in [4.78, 5) is 23.0. The highest BCUT2D eigenvalue weighted by molar-refractivity contribution is 5.50. The zero-order chi connectivity index (χ0) is 8.97. The van der Waals surface area contributed by atoms with Crippen LogP contribution in [-0.4, -0.2) is 20.8 Å². The first kappa shape index (κ1) is 8.38. The monoisotopic (exact) mass is 168 g/mol. The van der Waals surface area contributed by atoms with Crippen molar-refractivity contribution in [3.63, 3.8) is 0 Å². The number of hydrogen-bond acceptors (Lipinski definition) is 4. The molecule has 0 bridgehead atoms. The highest BCUT2D eigenvalue weighted by atomic mass is 16.6. The second kappa shape index (κ2) is 3.61. The van der Waals surface area contributed by atoms with Crippen LogP contribution in [0.2, 0.25) is 0 Å². The molecule has 0 aliphatic carbocycles. The fourth-order valence-corrected chi connectivity index (χ4v) is 0.814. The van der Waals surface area contributed by atoms with E-state index in [4.69, 9.17) is 0 Å². The summed E-state index contributed by atoms with van der Waals surface area (Å²) in [5.74, 6) is -0.245. The van der Waals surface area contributed by atoms with Crippen LogP contribution in [0.4, 0.5) is 5.95 Å². The molecule has 0 aromatic carbocycles. The van der Waals surface area contributed by atoms with Gasteiger partial charge in [0.1, 0.15) is 12.4 Å². The fourth-order valence-electron chi connectivity index (χ4n) is 0.814. The van der Waals surface area contributed by atoms with Crippen LogP contribution in [0.25, 0.3) is 0 Å². The summed E-state index contributed by atoms with van der Waals surface area (Å²) < 4.78 is 1.30. The molecule has 63 valence electrons. The third-order valence-electron chi connectivity index (χ3n) is 1.31. The maximum atomic E-state index is 10.3. The number of nitro groups is 1. The van der Waals surface area contributed by atoms with E-state index < -0.39 is 4.92 Å². The molecule has 6 nitrogen and oxygen atoms in total. The summed E-state index contributed by atoms with van der Waals surface area (Å²) in [6, 6.07) is 0. The van der Waals surface area contributed by atoms with Crippen molar-refractivity contribution in [2.45, 2.75) is 13.0 Å². The normalized spacial score (nSPS) is 9.67. The van der Waals surface area contributed by atoms with Crippen LogP contribution in [0.1, 0.15) is 6.42 Å². The summed E-state index contributed by atoms with van der Waals surface area (Å²) in [7, 11) is 0. The third-order valence-corrected chi connectivity index (χ3v) is 1.31. The predicted octanol–water partition coefficient (Wildman–Crippen LogP) is 0.291. The molecule has 0 fully saturated rings. The van der Waals surface area contributed by atoms with Gasteiger partial charge in [-0.15, -0.1) is 0 Å². The Labute approximate surface area is 68.0 Å². The molecule has 1 aromatic rings. The van der Waals surface area contributed by atoms with Gasteiger partial charge in [-0.2, -0.15) is 0 Å². The summed E-state index contributed by atoms with van der Waals surface area (Å²) in [5, 5.41) is 10.3. The summed E-state index contributed by atoms with van der Waals surface area (Å²) in [5.41, 5.74) is 0. The Morgan fingerprint density at radius 2 is 2.50 bits per heavy atom. The number of aryl methyl sites for hydroxylation is 1. The molecular weight excluding hydrogens is 162 g/mol. The van der Waals surface area contributed by atoms with Crippen LogP contribution in [0, 0.1) is 10.1 Å². The molecule has 0 amide bonds. The first-order chi connectivity index (χ1) is 5.75. The second-order valence-electron chi connectivity index (χ2n) is 2.07. The molecule has 0 aliphatic heterocycles. The number of aromatic nitrogens is 2. The molecular formula is C6H6N3O3. The van der Waals surface area contributed by atoms with Gasteiger partial charge in [0.05, 0.1) is 6.54 Å². The van der Waals surface area contributed by atoms with E-state index in [1.165, 1.54) is 17.0 Å². The maximum absolute atomic E-state index is 10.3. The molecule has 0 unspecified atom stereocenters. The molecule has 0 N–H and O–H groups in total. The second-order valence-corrected chi connectivity index (χ2v) is 2.07. The van der Waals surface area contributed by atoms with Crippen LogP contribution in [0.3, 0.4) is 0 Å². The quantitative estimate of drug-likeness (QED) is 0.478. The minimum atomic E-state index is -0.592. The van der Waals surface area contributed by atoms with Crippen molar-refractivity contribution < 1.29 is 9.72 Å². The Morgan fingerprint density at radius 1 is 1.75 bits per heavy atom. The summed E-state index contributed by atoms with van der Waals surface area (Å²) >= 11 is 0. The van der Waals surface area contributed by atoms with Gasteiger partial charge in [-0.25, -0.2) is 4.57 Å². The van der Waals surface area contributed by atoms with Crippen molar-refractivity contribution in [2.24, 2.45) is 0 Å². The molecule has 0 saturated carbocycles. The standard InChI is InChI=1S/C6H6N3O3/c10-5-1-3-8-4-2-7-6(8)9(11)12/h2,4H,1,3H2. The molecule has 0 aliphatic rings. The van der Waals surface area contributed by atoms with E-state index >= 15 is 0 Å². The Bertz CT molecular complexity index is 294. The molecule has 1 rings (SSSR count). The first-order valence-electron chi connectivity index (χ1n) is 3.26. The van der Waals surface area contributed by atoms with E-state index in [0.29, 0.717) is 0 Å². The number of hydrogen-bond donors (Lipinski definition) is 0.